The number of hydrogen-bond acceptors (Lipinski definition) is 3. The molecule has 0 fully saturated rings. The Morgan fingerprint density at radius 1 is 0.545 bits per heavy atom. The van der Waals surface area contributed by atoms with Crippen LogP contribution < -0.4 is 4.74 Å². The van der Waals surface area contributed by atoms with Crippen LogP contribution in [0, 0.1) is 0 Å². The first-order valence-corrected chi connectivity index (χ1v) is 16.0. The number of para-hydroxylation sites is 3. The molecule has 210 valence electrons. The van der Waals surface area contributed by atoms with Crippen molar-refractivity contribution in [3.63, 3.8) is 0 Å². The maximum absolute atomic E-state index is 6.95. The van der Waals surface area contributed by atoms with Gasteiger partial charge in [-0.1, -0.05) is 129 Å². The van der Waals surface area contributed by atoms with Gasteiger partial charge in [-0.25, -0.2) is 4.98 Å². The Morgan fingerprint density at radius 3 is 1.89 bits per heavy atom. The van der Waals surface area contributed by atoms with Crippen LogP contribution >= 0.6 is 11.3 Å². The molecule has 44 heavy (non-hydrogen) atoms. The second kappa shape index (κ2) is 9.25. The fourth-order valence-electron chi connectivity index (χ4n) is 7.69. The van der Waals surface area contributed by atoms with E-state index < -0.39 is 5.41 Å². The summed E-state index contributed by atoms with van der Waals surface area (Å²) in [5.41, 5.74) is 11.4. The van der Waals surface area contributed by atoms with Crippen molar-refractivity contribution in [2.24, 2.45) is 0 Å². The second-order valence-corrected chi connectivity index (χ2v) is 13.3. The van der Waals surface area contributed by atoms with E-state index in [1.54, 1.807) is 11.3 Å². The van der Waals surface area contributed by atoms with E-state index in [9.17, 15) is 0 Å². The molecule has 2 heterocycles. The van der Waals surface area contributed by atoms with Crippen LogP contribution in [0.1, 0.15) is 47.2 Å². The highest BCUT2D eigenvalue weighted by molar-refractivity contribution is 7.21. The topological polar surface area (TPSA) is 22.1 Å². The number of fused-ring (bicyclic) bond motifs is 9. The first kappa shape index (κ1) is 25.5. The molecule has 0 saturated heterocycles. The van der Waals surface area contributed by atoms with E-state index in [2.05, 4.69) is 147 Å². The average Bonchev–Trinajstić information content (AvgIpc) is 3.51. The highest BCUT2D eigenvalue weighted by Crippen LogP contribution is 2.62. The van der Waals surface area contributed by atoms with Gasteiger partial charge < -0.3 is 4.74 Å². The number of aromatic nitrogens is 1. The Morgan fingerprint density at radius 2 is 1.14 bits per heavy atom. The summed E-state index contributed by atoms with van der Waals surface area (Å²) < 4.78 is 8.15. The van der Waals surface area contributed by atoms with Crippen LogP contribution in [0.5, 0.6) is 11.5 Å². The van der Waals surface area contributed by atoms with Gasteiger partial charge in [-0.2, -0.15) is 0 Å². The SMILES string of the molecule is CC1(C)c2ccccc2C2(c3ccccc3Oc3c(-c4cccc(-c5nc6ccccc6s5)c4)cccc32)c2ccccc21. The van der Waals surface area contributed by atoms with Crippen LogP contribution in [0.4, 0.5) is 0 Å². The Kier molecular flexibility index (Phi) is 5.36. The number of hydrogen-bond donors (Lipinski definition) is 0. The third kappa shape index (κ3) is 3.39. The van der Waals surface area contributed by atoms with Gasteiger partial charge in [0.05, 0.1) is 15.6 Å². The van der Waals surface area contributed by atoms with Gasteiger partial charge in [-0.05, 0) is 52.1 Å². The van der Waals surface area contributed by atoms with Crippen LogP contribution in [0.2, 0.25) is 0 Å². The van der Waals surface area contributed by atoms with Gasteiger partial charge in [-0.3, -0.25) is 0 Å². The first-order valence-electron chi connectivity index (χ1n) is 15.1. The molecule has 0 unspecified atom stereocenters. The molecule has 0 amide bonds. The van der Waals surface area contributed by atoms with E-state index in [0.717, 1.165) is 38.7 Å². The Bertz CT molecular complexity index is 2180. The monoisotopic (exact) mass is 583 g/mol. The van der Waals surface area contributed by atoms with Crippen molar-refractivity contribution < 1.29 is 4.74 Å². The normalized spacial score (nSPS) is 15.1. The number of nitrogens with zero attached hydrogens (tertiary/aromatic N) is 1. The Labute approximate surface area is 261 Å². The molecule has 0 N–H and O–H groups in total. The van der Waals surface area contributed by atoms with E-state index in [1.807, 2.05) is 6.07 Å². The highest BCUT2D eigenvalue weighted by atomic mass is 32.1. The molecule has 2 nitrogen and oxygen atoms in total. The molecule has 0 atom stereocenters. The lowest BCUT2D eigenvalue weighted by Crippen LogP contribution is -2.43. The van der Waals surface area contributed by atoms with Gasteiger partial charge >= 0.3 is 0 Å². The molecule has 1 aliphatic carbocycles. The molecule has 2 aliphatic rings. The predicted octanol–water partition coefficient (Wildman–Crippen LogP) is 10.8. The minimum absolute atomic E-state index is 0.144. The van der Waals surface area contributed by atoms with E-state index in [-0.39, 0.29) is 5.41 Å². The van der Waals surface area contributed by atoms with Crippen molar-refractivity contribution in [1.82, 2.24) is 4.98 Å². The summed E-state index contributed by atoms with van der Waals surface area (Å²) in [6, 6.07) is 50.4. The van der Waals surface area contributed by atoms with E-state index in [1.165, 1.54) is 38.1 Å². The molecule has 1 aliphatic heterocycles. The fraction of sp³-hybridized carbons (Fsp3) is 0.0976. The minimum atomic E-state index is -0.520. The van der Waals surface area contributed by atoms with Crippen molar-refractivity contribution in [3.05, 3.63) is 173 Å². The van der Waals surface area contributed by atoms with Gasteiger partial charge in [0.25, 0.3) is 0 Å². The maximum Gasteiger partial charge on any atom is 0.140 e. The average molecular weight is 584 g/mol. The largest absolute Gasteiger partial charge is 0.456 e. The Balaban J connectivity index is 1.33. The molecule has 0 saturated carbocycles. The zero-order chi connectivity index (χ0) is 29.5. The molecule has 0 bridgehead atoms. The van der Waals surface area contributed by atoms with Crippen molar-refractivity contribution in [3.8, 4) is 33.2 Å². The number of benzene rings is 6. The molecule has 0 radical (unpaired) electrons. The zero-order valence-corrected chi connectivity index (χ0v) is 25.4. The summed E-state index contributed by atoms with van der Waals surface area (Å²) >= 11 is 1.73. The number of thiazole rings is 1. The Hall–Kier alpha value is -4.99. The van der Waals surface area contributed by atoms with Crippen molar-refractivity contribution >= 4 is 21.6 Å². The third-order valence-electron chi connectivity index (χ3n) is 9.65. The maximum atomic E-state index is 6.95. The molecule has 1 spiro atoms. The molecule has 3 heteroatoms. The van der Waals surface area contributed by atoms with Crippen LogP contribution in [0.15, 0.2) is 140 Å². The van der Waals surface area contributed by atoms with E-state index in [0.29, 0.717) is 0 Å². The third-order valence-corrected chi connectivity index (χ3v) is 10.7. The second-order valence-electron chi connectivity index (χ2n) is 12.3. The quantitative estimate of drug-likeness (QED) is 0.202. The van der Waals surface area contributed by atoms with Crippen molar-refractivity contribution in [2.75, 3.05) is 0 Å². The smallest absolute Gasteiger partial charge is 0.140 e. The number of rotatable bonds is 2. The standard InChI is InChI=1S/C41H29NOS/c1-40(2)29-16-3-5-18-31(29)41(32-19-6-4-17-30(32)40)33-20-7-9-23-36(33)43-38-28(15-12-21-34(38)41)26-13-11-14-27(25-26)39-42-35-22-8-10-24-37(35)44-39/h3-25H,1-2H3. The molecule has 1 aromatic heterocycles. The van der Waals surface area contributed by atoms with E-state index in [4.69, 9.17) is 9.72 Å². The zero-order valence-electron chi connectivity index (χ0n) is 24.5. The molecule has 6 aromatic carbocycles. The van der Waals surface area contributed by atoms with Crippen LogP contribution in [-0.2, 0) is 10.8 Å². The molecule has 9 rings (SSSR count). The van der Waals surface area contributed by atoms with Gasteiger partial charge in [0.1, 0.15) is 16.5 Å². The summed E-state index contributed by atoms with van der Waals surface area (Å²) in [5, 5.41) is 1.03. The highest BCUT2D eigenvalue weighted by Gasteiger charge is 2.53. The van der Waals surface area contributed by atoms with Crippen LogP contribution in [0.25, 0.3) is 31.9 Å². The minimum Gasteiger partial charge on any atom is -0.456 e. The van der Waals surface area contributed by atoms with Gasteiger partial charge in [0.15, 0.2) is 0 Å². The lowest BCUT2D eigenvalue weighted by molar-refractivity contribution is 0.427. The predicted molar refractivity (Wildman–Crippen MR) is 181 cm³/mol. The first-order chi connectivity index (χ1) is 21.6. The van der Waals surface area contributed by atoms with Crippen molar-refractivity contribution in [1.29, 1.82) is 0 Å². The molecular formula is C41H29NOS. The van der Waals surface area contributed by atoms with Gasteiger partial charge in [0, 0.05) is 27.7 Å². The van der Waals surface area contributed by atoms with Gasteiger partial charge in [-0.15, -0.1) is 11.3 Å². The molecular weight excluding hydrogens is 555 g/mol. The van der Waals surface area contributed by atoms with Gasteiger partial charge in [0.2, 0.25) is 0 Å². The summed E-state index contributed by atoms with van der Waals surface area (Å²) in [6.07, 6.45) is 0. The van der Waals surface area contributed by atoms with E-state index >= 15 is 0 Å². The summed E-state index contributed by atoms with van der Waals surface area (Å²) in [5.74, 6) is 1.82. The van der Waals surface area contributed by atoms with Crippen LogP contribution in [0.3, 0.4) is 0 Å². The lowest BCUT2D eigenvalue weighted by atomic mass is 9.53. The summed E-state index contributed by atoms with van der Waals surface area (Å²) in [7, 11) is 0. The lowest BCUT2D eigenvalue weighted by Gasteiger charge is -2.50. The van der Waals surface area contributed by atoms with Crippen molar-refractivity contribution in [2.45, 2.75) is 24.7 Å². The van der Waals surface area contributed by atoms with Crippen LogP contribution in [-0.4, -0.2) is 4.98 Å². The molecule has 7 aromatic rings. The summed E-state index contributed by atoms with van der Waals surface area (Å²) in [6.45, 7) is 4.71. The number of ether oxygens (including phenoxy) is 1. The summed E-state index contributed by atoms with van der Waals surface area (Å²) in [4.78, 5) is 4.95. The fourth-order valence-corrected chi connectivity index (χ4v) is 8.65.